The summed E-state index contributed by atoms with van der Waals surface area (Å²) in [4.78, 5) is 0. The third-order valence-electron chi connectivity index (χ3n) is 8.72. The van der Waals surface area contributed by atoms with Crippen LogP contribution in [0.5, 0.6) is 0 Å². The standard InChI is InChI=1S/C41H58N2/c1-4-7-10-12-14-15-16-17-19-21-26-36-27-23-24-29-39(36)41-38(28-22-18-13-11-8-5-2)34-40(43(41)42)37-32-30-35(31-33-37)25-20-9-6-3/h23-24,27,29-34H,4-15,18-22,25-26,28H2,1-3H3. The summed E-state index contributed by atoms with van der Waals surface area (Å²) in [5.74, 6) is 6.82. The van der Waals surface area contributed by atoms with Gasteiger partial charge in [-0.25, -0.2) is 4.70 Å². The molecular formula is C41H58N2. The second-order valence-corrected chi connectivity index (χ2v) is 12.4. The molecule has 0 unspecified atom stereocenters. The molecule has 232 valence electrons. The van der Waals surface area contributed by atoms with E-state index in [0.29, 0.717) is 0 Å². The maximum Gasteiger partial charge on any atom is 0.211 e. The molecule has 0 radical (unpaired) electrons. The average Bonchev–Trinajstić information content (AvgIpc) is 3.35. The lowest BCUT2D eigenvalue weighted by Crippen LogP contribution is -2.05. The highest BCUT2D eigenvalue weighted by Gasteiger charge is 2.30. The predicted molar refractivity (Wildman–Crippen MR) is 187 cm³/mol. The molecule has 2 aromatic carbocycles. The normalized spacial score (nSPS) is 12.9. The van der Waals surface area contributed by atoms with Crippen LogP contribution in [0.15, 0.2) is 60.2 Å². The fourth-order valence-corrected chi connectivity index (χ4v) is 6.08. The number of aryl methyl sites for hydroxylation is 2. The molecule has 0 saturated carbocycles. The fraction of sp³-hybridized carbons (Fsp3) is 0.561. The molecule has 3 rings (SSSR count). The lowest BCUT2D eigenvalue weighted by Gasteiger charge is -2.13. The smallest absolute Gasteiger partial charge is 0.211 e. The Balaban J connectivity index is 1.71. The first-order valence-electron chi connectivity index (χ1n) is 17.8. The molecular weight excluding hydrogens is 520 g/mol. The summed E-state index contributed by atoms with van der Waals surface area (Å²) in [5, 5.41) is 0. The third kappa shape index (κ3) is 11.9. The molecule has 1 aliphatic rings. The second kappa shape index (κ2) is 20.9. The van der Waals surface area contributed by atoms with Gasteiger partial charge < -0.3 is 5.53 Å². The van der Waals surface area contributed by atoms with E-state index in [9.17, 15) is 5.53 Å². The van der Waals surface area contributed by atoms with Crippen LogP contribution in [0.25, 0.3) is 16.9 Å². The Morgan fingerprint density at radius 2 is 1.16 bits per heavy atom. The van der Waals surface area contributed by atoms with Gasteiger partial charge in [0.25, 0.3) is 0 Å². The van der Waals surface area contributed by atoms with Crippen LogP contribution >= 0.6 is 0 Å². The van der Waals surface area contributed by atoms with Gasteiger partial charge >= 0.3 is 0 Å². The van der Waals surface area contributed by atoms with Crippen molar-refractivity contribution in [3.8, 4) is 11.8 Å². The van der Waals surface area contributed by atoms with Crippen molar-refractivity contribution >= 4 is 11.4 Å². The molecule has 0 amide bonds. The molecule has 0 spiro atoms. The van der Waals surface area contributed by atoms with E-state index in [0.717, 1.165) is 67.5 Å². The number of hydrogen-bond donors (Lipinski definition) is 0. The van der Waals surface area contributed by atoms with Crippen LogP contribution in [0.3, 0.4) is 0 Å². The van der Waals surface area contributed by atoms with Gasteiger partial charge in [0.15, 0.2) is 0 Å². The van der Waals surface area contributed by atoms with Crippen LogP contribution < -0.4 is 0 Å². The van der Waals surface area contributed by atoms with Gasteiger partial charge in [-0.05, 0) is 74.3 Å². The molecule has 0 aliphatic carbocycles. The topological polar surface area (TPSA) is 25.3 Å². The van der Waals surface area contributed by atoms with Gasteiger partial charge in [-0.15, -0.1) is 11.8 Å². The fourth-order valence-electron chi connectivity index (χ4n) is 6.08. The van der Waals surface area contributed by atoms with Crippen molar-refractivity contribution in [3.05, 3.63) is 88.0 Å². The van der Waals surface area contributed by atoms with E-state index in [1.807, 2.05) is 0 Å². The molecule has 0 aromatic heterocycles. The zero-order chi connectivity index (χ0) is 30.5. The quantitative estimate of drug-likeness (QED) is 0.0799. The highest BCUT2D eigenvalue weighted by Crippen LogP contribution is 2.39. The number of hydrogen-bond acceptors (Lipinski definition) is 0. The van der Waals surface area contributed by atoms with Gasteiger partial charge in [-0.1, -0.05) is 122 Å². The maximum atomic E-state index is 11.7. The zero-order valence-corrected chi connectivity index (χ0v) is 27.7. The minimum atomic E-state index is 0.899. The Labute approximate surface area is 264 Å². The maximum absolute atomic E-state index is 11.7. The summed E-state index contributed by atoms with van der Waals surface area (Å²) in [6, 6.07) is 17.6. The Hall–Kier alpha value is -2.92. The Kier molecular flexibility index (Phi) is 16.8. The van der Waals surface area contributed by atoms with Crippen LogP contribution in [0.1, 0.15) is 159 Å². The van der Waals surface area contributed by atoms with E-state index in [1.54, 1.807) is 0 Å². The summed E-state index contributed by atoms with van der Waals surface area (Å²) < 4.78 is 1.48. The van der Waals surface area contributed by atoms with E-state index in [1.165, 1.54) is 105 Å². The molecule has 0 fully saturated rings. The summed E-state index contributed by atoms with van der Waals surface area (Å²) in [6.07, 6.45) is 26.3. The highest BCUT2D eigenvalue weighted by atomic mass is 15.2. The molecule has 1 heterocycles. The summed E-state index contributed by atoms with van der Waals surface area (Å²) in [7, 11) is 0. The summed E-state index contributed by atoms with van der Waals surface area (Å²) in [5.41, 5.74) is 19.8. The third-order valence-corrected chi connectivity index (χ3v) is 8.72. The summed E-state index contributed by atoms with van der Waals surface area (Å²) >= 11 is 0. The molecule has 0 bridgehead atoms. The van der Waals surface area contributed by atoms with Crippen molar-refractivity contribution in [2.24, 2.45) is 0 Å². The second-order valence-electron chi connectivity index (χ2n) is 12.4. The molecule has 1 aliphatic heterocycles. The molecule has 43 heavy (non-hydrogen) atoms. The number of benzene rings is 2. The van der Waals surface area contributed by atoms with Gasteiger partial charge in [0.2, 0.25) is 11.4 Å². The van der Waals surface area contributed by atoms with Crippen LogP contribution in [-0.2, 0) is 12.8 Å². The monoisotopic (exact) mass is 578 g/mol. The van der Waals surface area contributed by atoms with Gasteiger partial charge in [-0.2, -0.15) is 0 Å². The summed E-state index contributed by atoms with van der Waals surface area (Å²) in [6.45, 7) is 6.79. The lowest BCUT2D eigenvalue weighted by molar-refractivity contribution is -0.344. The van der Waals surface area contributed by atoms with Gasteiger partial charge in [0, 0.05) is 35.6 Å². The predicted octanol–water partition coefficient (Wildman–Crippen LogP) is 12.7. The first-order chi connectivity index (χ1) is 21.2. The minimum absolute atomic E-state index is 0.899. The van der Waals surface area contributed by atoms with E-state index in [4.69, 9.17) is 0 Å². The largest absolute Gasteiger partial charge is 0.493 e. The molecule has 0 saturated heterocycles. The first kappa shape index (κ1) is 34.6. The molecule has 0 atom stereocenters. The van der Waals surface area contributed by atoms with Gasteiger partial charge in [0.1, 0.15) is 0 Å². The SMILES string of the molecule is CCCCCCCC#CCCCc1ccccc1C1=C(CCCCCCCC)C=C(c2ccc(CCCCC)cc2)[N+]1=[N-]. The first-order valence-corrected chi connectivity index (χ1v) is 17.8. The van der Waals surface area contributed by atoms with Crippen molar-refractivity contribution in [3.63, 3.8) is 0 Å². The highest BCUT2D eigenvalue weighted by molar-refractivity contribution is 5.79. The Bertz CT molecular complexity index is 1220. The molecule has 0 N–H and O–H groups in total. The van der Waals surface area contributed by atoms with Crippen molar-refractivity contribution in [2.75, 3.05) is 0 Å². The van der Waals surface area contributed by atoms with E-state index >= 15 is 0 Å². The van der Waals surface area contributed by atoms with E-state index in [-0.39, 0.29) is 0 Å². The number of rotatable bonds is 21. The van der Waals surface area contributed by atoms with Crippen LogP contribution in [0, 0.1) is 11.8 Å². The van der Waals surface area contributed by atoms with Crippen molar-refractivity contribution in [1.82, 2.24) is 0 Å². The Morgan fingerprint density at radius 1 is 0.581 bits per heavy atom. The zero-order valence-electron chi connectivity index (χ0n) is 27.7. The van der Waals surface area contributed by atoms with E-state index in [2.05, 4.69) is 87.2 Å². The Morgan fingerprint density at radius 3 is 1.88 bits per heavy atom. The van der Waals surface area contributed by atoms with Crippen LogP contribution in [-0.4, -0.2) is 4.70 Å². The minimum Gasteiger partial charge on any atom is -0.493 e. The molecule has 2 nitrogen and oxygen atoms in total. The van der Waals surface area contributed by atoms with Gasteiger partial charge in [0.05, 0.1) is 0 Å². The number of nitrogens with zero attached hydrogens (tertiary/aromatic N) is 2. The molecule has 2 heteroatoms. The van der Waals surface area contributed by atoms with Crippen molar-refractivity contribution in [1.29, 1.82) is 0 Å². The van der Waals surface area contributed by atoms with Gasteiger partial charge in [-0.3, -0.25) is 0 Å². The lowest BCUT2D eigenvalue weighted by atomic mass is 9.95. The number of allylic oxidation sites excluding steroid dienone is 2. The molecule has 2 aromatic rings. The van der Waals surface area contributed by atoms with Crippen molar-refractivity contribution < 1.29 is 4.70 Å². The average molecular weight is 579 g/mol. The van der Waals surface area contributed by atoms with Crippen molar-refractivity contribution in [2.45, 2.75) is 149 Å². The van der Waals surface area contributed by atoms with Crippen LogP contribution in [0.4, 0.5) is 0 Å². The van der Waals surface area contributed by atoms with E-state index < -0.39 is 0 Å². The number of unbranched alkanes of at least 4 members (excludes halogenated alkanes) is 13. The van der Waals surface area contributed by atoms with Crippen LogP contribution in [0.2, 0.25) is 0 Å².